The van der Waals surface area contributed by atoms with Crippen LogP contribution < -0.4 is 15.0 Å². The minimum atomic E-state index is 0.849. The zero-order valence-electron chi connectivity index (χ0n) is 13.8. The first-order chi connectivity index (χ1) is 11.8. The summed E-state index contributed by atoms with van der Waals surface area (Å²) in [5.74, 6) is 1.86. The lowest BCUT2D eigenvalue weighted by Gasteiger charge is -2.21. The van der Waals surface area contributed by atoms with E-state index in [2.05, 4.69) is 21.3 Å². The Kier molecular flexibility index (Phi) is 4.04. The van der Waals surface area contributed by atoms with Gasteiger partial charge in [0.1, 0.15) is 11.3 Å². The number of aromatic nitrogens is 3. The summed E-state index contributed by atoms with van der Waals surface area (Å²) < 4.78 is 7.14. The molecule has 0 saturated carbocycles. The van der Waals surface area contributed by atoms with E-state index in [9.17, 15) is 0 Å². The summed E-state index contributed by atoms with van der Waals surface area (Å²) in [4.78, 5) is 6.97. The standard InChI is InChI=1S/C18H21N5O/c1-24-15-5-3-14(4-6-15)16-13-17-18(20-9-12-23(17)21-16)22-10-2-7-19-8-11-22/h3-6,9,12-13,19H,2,7-8,10-11H2,1H3. The number of methoxy groups -OCH3 is 1. The van der Waals surface area contributed by atoms with Crippen molar-refractivity contribution >= 4 is 11.3 Å². The van der Waals surface area contributed by atoms with E-state index in [-0.39, 0.29) is 0 Å². The molecule has 1 aliphatic heterocycles. The van der Waals surface area contributed by atoms with Gasteiger partial charge in [0, 0.05) is 37.6 Å². The molecule has 0 aliphatic carbocycles. The smallest absolute Gasteiger partial charge is 0.154 e. The maximum Gasteiger partial charge on any atom is 0.154 e. The van der Waals surface area contributed by atoms with E-state index in [1.807, 2.05) is 41.2 Å². The lowest BCUT2D eigenvalue weighted by Crippen LogP contribution is -2.29. The van der Waals surface area contributed by atoms with Gasteiger partial charge in [-0.15, -0.1) is 0 Å². The van der Waals surface area contributed by atoms with Crippen molar-refractivity contribution in [3.63, 3.8) is 0 Å². The van der Waals surface area contributed by atoms with Crippen LogP contribution in [0.25, 0.3) is 16.8 Å². The molecule has 3 aromatic rings. The van der Waals surface area contributed by atoms with Gasteiger partial charge in [-0.3, -0.25) is 0 Å². The molecular formula is C18H21N5O. The van der Waals surface area contributed by atoms with Crippen LogP contribution in [0.4, 0.5) is 5.82 Å². The molecule has 3 heterocycles. The lowest BCUT2D eigenvalue weighted by molar-refractivity contribution is 0.415. The predicted molar refractivity (Wildman–Crippen MR) is 94.7 cm³/mol. The minimum Gasteiger partial charge on any atom is -0.497 e. The van der Waals surface area contributed by atoms with Gasteiger partial charge in [-0.2, -0.15) is 5.10 Å². The topological polar surface area (TPSA) is 54.7 Å². The fraction of sp³-hybridized carbons (Fsp3) is 0.333. The first-order valence-electron chi connectivity index (χ1n) is 8.29. The molecule has 4 rings (SSSR count). The van der Waals surface area contributed by atoms with Gasteiger partial charge in [0.25, 0.3) is 0 Å². The number of hydrogen-bond donors (Lipinski definition) is 1. The van der Waals surface area contributed by atoms with Crippen LogP contribution in [0.3, 0.4) is 0 Å². The van der Waals surface area contributed by atoms with E-state index in [0.717, 1.165) is 60.9 Å². The molecule has 1 fully saturated rings. The number of nitrogens with one attached hydrogen (secondary N) is 1. The van der Waals surface area contributed by atoms with Gasteiger partial charge in [0.15, 0.2) is 5.82 Å². The summed E-state index contributed by atoms with van der Waals surface area (Å²) in [6.07, 6.45) is 4.86. The van der Waals surface area contributed by atoms with Crippen LogP contribution in [0, 0.1) is 0 Å². The van der Waals surface area contributed by atoms with E-state index in [4.69, 9.17) is 9.84 Å². The highest BCUT2D eigenvalue weighted by atomic mass is 16.5. The van der Waals surface area contributed by atoms with Crippen LogP contribution in [-0.4, -0.2) is 47.9 Å². The van der Waals surface area contributed by atoms with Crippen molar-refractivity contribution in [1.82, 2.24) is 19.9 Å². The molecule has 0 unspecified atom stereocenters. The highest BCUT2D eigenvalue weighted by Crippen LogP contribution is 2.26. The van der Waals surface area contributed by atoms with Crippen molar-refractivity contribution in [2.75, 3.05) is 38.2 Å². The second-order valence-electron chi connectivity index (χ2n) is 5.93. The highest BCUT2D eigenvalue weighted by Gasteiger charge is 2.16. The van der Waals surface area contributed by atoms with Crippen LogP contribution in [0.15, 0.2) is 42.7 Å². The Morgan fingerprint density at radius 1 is 1.12 bits per heavy atom. The van der Waals surface area contributed by atoms with Crippen molar-refractivity contribution in [3.05, 3.63) is 42.7 Å². The van der Waals surface area contributed by atoms with Crippen LogP contribution in [-0.2, 0) is 0 Å². The van der Waals surface area contributed by atoms with Crippen molar-refractivity contribution in [1.29, 1.82) is 0 Å². The maximum atomic E-state index is 5.23. The number of fused-ring (bicyclic) bond motifs is 1. The number of benzene rings is 1. The van der Waals surface area contributed by atoms with Gasteiger partial charge in [-0.05, 0) is 43.3 Å². The summed E-state index contributed by atoms with van der Waals surface area (Å²) in [5, 5.41) is 8.14. The van der Waals surface area contributed by atoms with Crippen molar-refractivity contribution < 1.29 is 4.74 Å². The average molecular weight is 323 g/mol. The Balaban J connectivity index is 1.73. The maximum absolute atomic E-state index is 5.23. The van der Waals surface area contributed by atoms with Gasteiger partial charge in [0.05, 0.1) is 12.8 Å². The first kappa shape index (κ1) is 15.0. The van der Waals surface area contributed by atoms with E-state index >= 15 is 0 Å². The number of rotatable bonds is 3. The largest absolute Gasteiger partial charge is 0.497 e. The normalized spacial score (nSPS) is 15.5. The Morgan fingerprint density at radius 3 is 2.83 bits per heavy atom. The minimum absolute atomic E-state index is 0.849. The van der Waals surface area contributed by atoms with Gasteiger partial charge in [0.2, 0.25) is 0 Å². The molecule has 24 heavy (non-hydrogen) atoms. The molecule has 0 radical (unpaired) electrons. The second kappa shape index (κ2) is 6.49. The molecule has 0 bridgehead atoms. The Morgan fingerprint density at radius 2 is 2.00 bits per heavy atom. The molecule has 0 atom stereocenters. The quantitative estimate of drug-likeness (QED) is 0.801. The summed E-state index contributed by atoms with van der Waals surface area (Å²) in [5.41, 5.74) is 3.06. The molecule has 1 aliphatic rings. The zero-order valence-corrected chi connectivity index (χ0v) is 13.8. The molecule has 1 saturated heterocycles. The second-order valence-corrected chi connectivity index (χ2v) is 5.93. The Bertz CT molecular complexity index is 819. The average Bonchev–Trinajstić information content (AvgIpc) is 2.89. The summed E-state index contributed by atoms with van der Waals surface area (Å²) in [6, 6.07) is 10.1. The molecule has 0 spiro atoms. The first-order valence-corrected chi connectivity index (χ1v) is 8.29. The lowest BCUT2D eigenvalue weighted by atomic mass is 10.1. The molecular weight excluding hydrogens is 302 g/mol. The van der Waals surface area contributed by atoms with Crippen LogP contribution in [0.1, 0.15) is 6.42 Å². The Labute approximate surface area is 141 Å². The van der Waals surface area contributed by atoms with Gasteiger partial charge in [-0.1, -0.05) is 0 Å². The van der Waals surface area contributed by atoms with Crippen molar-refractivity contribution in [2.45, 2.75) is 6.42 Å². The predicted octanol–water partition coefficient (Wildman–Crippen LogP) is 2.20. The van der Waals surface area contributed by atoms with Crippen LogP contribution >= 0.6 is 0 Å². The molecule has 6 nitrogen and oxygen atoms in total. The fourth-order valence-electron chi connectivity index (χ4n) is 3.11. The third kappa shape index (κ3) is 2.80. The number of anilines is 1. The monoisotopic (exact) mass is 323 g/mol. The summed E-state index contributed by atoms with van der Waals surface area (Å²) in [7, 11) is 1.67. The van der Waals surface area contributed by atoms with E-state index < -0.39 is 0 Å². The van der Waals surface area contributed by atoms with Crippen LogP contribution in [0.2, 0.25) is 0 Å². The number of hydrogen-bond acceptors (Lipinski definition) is 5. The molecule has 1 N–H and O–H groups in total. The van der Waals surface area contributed by atoms with Crippen LogP contribution in [0.5, 0.6) is 5.75 Å². The zero-order chi connectivity index (χ0) is 16.4. The van der Waals surface area contributed by atoms with Gasteiger partial charge < -0.3 is 15.0 Å². The molecule has 2 aromatic heterocycles. The molecule has 124 valence electrons. The third-order valence-electron chi connectivity index (χ3n) is 4.39. The van der Waals surface area contributed by atoms with Gasteiger partial charge in [-0.25, -0.2) is 9.50 Å². The third-order valence-corrected chi connectivity index (χ3v) is 4.39. The number of nitrogens with zero attached hydrogens (tertiary/aromatic N) is 4. The van der Waals surface area contributed by atoms with Crippen molar-refractivity contribution in [3.8, 4) is 17.0 Å². The molecule has 6 heteroatoms. The summed E-state index contributed by atoms with van der Waals surface area (Å²) in [6.45, 7) is 4.04. The highest BCUT2D eigenvalue weighted by molar-refractivity contribution is 5.75. The fourth-order valence-corrected chi connectivity index (χ4v) is 3.11. The summed E-state index contributed by atoms with van der Waals surface area (Å²) >= 11 is 0. The molecule has 0 amide bonds. The van der Waals surface area contributed by atoms with Crippen molar-refractivity contribution in [2.24, 2.45) is 0 Å². The van der Waals surface area contributed by atoms with E-state index in [1.54, 1.807) is 7.11 Å². The van der Waals surface area contributed by atoms with Gasteiger partial charge >= 0.3 is 0 Å². The molecule has 1 aromatic carbocycles. The Hall–Kier alpha value is -2.60. The van der Waals surface area contributed by atoms with E-state index in [0.29, 0.717) is 0 Å². The SMILES string of the molecule is COc1ccc(-c2cc3c(N4CCCNCC4)nccn3n2)cc1. The van der Waals surface area contributed by atoms with E-state index in [1.165, 1.54) is 0 Å². The number of ether oxygens (including phenoxy) is 1.